The molecule has 0 atom stereocenters. The van der Waals surface area contributed by atoms with E-state index in [4.69, 9.17) is 0 Å². The second kappa shape index (κ2) is 6.47. The largest absolute Gasteiger partial charge is 2.00 e. The van der Waals surface area contributed by atoms with Gasteiger partial charge in [-0.15, -0.1) is 0 Å². The second-order valence-corrected chi connectivity index (χ2v) is 2.63. The van der Waals surface area contributed by atoms with Crippen molar-refractivity contribution in [1.82, 2.24) is 0 Å². The SMILES string of the molecule is FC(F)(F)[c-]1cccc1.[Co+2].c1cc[cH-]c1. The Kier molecular flexibility index (Phi) is 6.04. The quantitative estimate of drug-likeness (QED) is 0.629. The Balaban J connectivity index is 0.000000280. The molecule has 83 valence electrons. The van der Waals surface area contributed by atoms with Crippen LogP contribution in [0.2, 0.25) is 0 Å². The Labute approximate surface area is 96.7 Å². The Morgan fingerprint density at radius 2 is 1.33 bits per heavy atom. The van der Waals surface area contributed by atoms with Gasteiger partial charge in [-0.25, -0.2) is 24.3 Å². The maximum atomic E-state index is 11.6. The van der Waals surface area contributed by atoms with Crippen LogP contribution in [0.25, 0.3) is 0 Å². The fourth-order valence-electron chi connectivity index (χ4n) is 0.884. The van der Waals surface area contributed by atoms with Gasteiger partial charge in [0.25, 0.3) is 0 Å². The third-order valence-electron chi connectivity index (χ3n) is 1.55. The van der Waals surface area contributed by atoms with Gasteiger partial charge in [-0.2, -0.15) is 43.5 Å². The molecule has 0 saturated heterocycles. The summed E-state index contributed by atoms with van der Waals surface area (Å²) in [7, 11) is 0. The third kappa shape index (κ3) is 5.44. The molecule has 0 aromatic heterocycles. The smallest absolute Gasteiger partial charge is 0.214 e. The summed E-state index contributed by atoms with van der Waals surface area (Å²) >= 11 is 0. The van der Waals surface area contributed by atoms with E-state index in [1.807, 2.05) is 30.3 Å². The van der Waals surface area contributed by atoms with Crippen LogP contribution in [0.15, 0.2) is 54.6 Å². The van der Waals surface area contributed by atoms with Gasteiger partial charge >= 0.3 is 23.0 Å². The summed E-state index contributed by atoms with van der Waals surface area (Å²) < 4.78 is 34.9. The fraction of sp³-hybridized carbons (Fsp3) is 0.0909. The van der Waals surface area contributed by atoms with Crippen LogP contribution in [-0.2, 0) is 23.0 Å². The molecule has 15 heavy (non-hydrogen) atoms. The summed E-state index contributed by atoms with van der Waals surface area (Å²) in [6.45, 7) is 0. The van der Waals surface area contributed by atoms with Crippen molar-refractivity contribution in [3.63, 3.8) is 0 Å². The van der Waals surface area contributed by atoms with E-state index in [1.165, 1.54) is 12.1 Å². The Morgan fingerprint density at radius 3 is 1.53 bits per heavy atom. The molecule has 0 bridgehead atoms. The molecule has 0 heterocycles. The Morgan fingerprint density at radius 1 is 0.867 bits per heavy atom. The zero-order valence-corrected chi connectivity index (χ0v) is 8.70. The fourth-order valence-corrected chi connectivity index (χ4v) is 0.884. The molecule has 0 spiro atoms. The van der Waals surface area contributed by atoms with Gasteiger partial charge in [-0.1, -0.05) is 5.56 Å². The first-order chi connectivity index (χ1) is 6.61. The molecule has 0 aliphatic heterocycles. The van der Waals surface area contributed by atoms with E-state index >= 15 is 0 Å². The molecule has 0 amide bonds. The number of hydrogen-bond acceptors (Lipinski definition) is 0. The monoisotopic (exact) mass is 257 g/mol. The van der Waals surface area contributed by atoms with Gasteiger partial charge in [-0.3, -0.25) is 0 Å². The molecule has 2 aromatic carbocycles. The van der Waals surface area contributed by atoms with Crippen LogP contribution in [0.1, 0.15) is 5.56 Å². The van der Waals surface area contributed by atoms with Crippen molar-refractivity contribution in [2.75, 3.05) is 0 Å². The van der Waals surface area contributed by atoms with Crippen LogP contribution < -0.4 is 0 Å². The van der Waals surface area contributed by atoms with Crippen molar-refractivity contribution in [3.8, 4) is 0 Å². The van der Waals surface area contributed by atoms with Crippen molar-refractivity contribution in [1.29, 1.82) is 0 Å². The van der Waals surface area contributed by atoms with Gasteiger partial charge in [0.05, 0.1) is 0 Å². The molecule has 1 radical (unpaired) electrons. The number of rotatable bonds is 0. The normalized spacial score (nSPS) is 9.80. The summed E-state index contributed by atoms with van der Waals surface area (Å²) in [5, 5.41) is 0. The van der Waals surface area contributed by atoms with E-state index < -0.39 is 11.7 Å². The predicted octanol–water partition coefficient (Wildman–Crippen LogP) is 3.83. The molecule has 0 saturated carbocycles. The zero-order valence-electron chi connectivity index (χ0n) is 7.66. The number of halogens is 3. The first kappa shape index (κ1) is 14.0. The molecule has 2 rings (SSSR count). The minimum atomic E-state index is -4.18. The van der Waals surface area contributed by atoms with Crippen LogP contribution in [0, 0.1) is 0 Å². The summed E-state index contributed by atoms with van der Waals surface area (Å²) in [5.74, 6) is 0. The number of hydrogen-bond donors (Lipinski definition) is 0. The average Bonchev–Trinajstić information content (AvgIpc) is 2.80. The van der Waals surface area contributed by atoms with Gasteiger partial charge in [0.1, 0.15) is 0 Å². The van der Waals surface area contributed by atoms with Gasteiger partial charge in [0.15, 0.2) is 0 Å². The molecule has 2 aromatic rings. The van der Waals surface area contributed by atoms with Crippen LogP contribution >= 0.6 is 0 Å². The standard InChI is InChI=1S/C6H4F3.C5H5.Co/c7-6(8,9)5-3-1-2-4-5;1-2-4-5-3-1;/h1-4H;1-5H;/q2*-1;+2. The van der Waals surface area contributed by atoms with Crippen molar-refractivity contribution < 1.29 is 30.0 Å². The topological polar surface area (TPSA) is 0 Å². The Hall–Kier alpha value is -1.00. The van der Waals surface area contributed by atoms with E-state index in [1.54, 1.807) is 0 Å². The first-order valence-electron chi connectivity index (χ1n) is 4.06. The molecule has 0 nitrogen and oxygen atoms in total. The van der Waals surface area contributed by atoms with Gasteiger partial charge in [0, 0.05) is 0 Å². The average molecular weight is 257 g/mol. The van der Waals surface area contributed by atoms with E-state index in [0.29, 0.717) is 0 Å². The van der Waals surface area contributed by atoms with Crippen molar-refractivity contribution >= 4 is 0 Å². The Bertz CT molecular complexity index is 302. The first-order valence-corrected chi connectivity index (χ1v) is 4.06. The molecule has 0 fully saturated rings. The van der Waals surface area contributed by atoms with Gasteiger partial charge in [-0.05, 0) is 0 Å². The van der Waals surface area contributed by atoms with E-state index in [9.17, 15) is 13.2 Å². The van der Waals surface area contributed by atoms with E-state index in [-0.39, 0.29) is 16.8 Å². The number of alkyl halides is 3. The van der Waals surface area contributed by atoms with Crippen molar-refractivity contribution in [2.45, 2.75) is 6.18 Å². The van der Waals surface area contributed by atoms with Crippen molar-refractivity contribution in [2.24, 2.45) is 0 Å². The summed E-state index contributed by atoms with van der Waals surface area (Å²) in [6, 6.07) is 14.8. The van der Waals surface area contributed by atoms with E-state index in [2.05, 4.69) is 0 Å². The summed E-state index contributed by atoms with van der Waals surface area (Å²) in [6.07, 6.45) is -4.18. The van der Waals surface area contributed by atoms with Crippen LogP contribution in [0.4, 0.5) is 13.2 Å². The summed E-state index contributed by atoms with van der Waals surface area (Å²) in [4.78, 5) is 0. The van der Waals surface area contributed by atoms with Crippen LogP contribution in [-0.4, -0.2) is 0 Å². The third-order valence-corrected chi connectivity index (χ3v) is 1.55. The van der Waals surface area contributed by atoms with Crippen LogP contribution in [0.5, 0.6) is 0 Å². The second-order valence-electron chi connectivity index (χ2n) is 2.63. The molecule has 0 aliphatic carbocycles. The van der Waals surface area contributed by atoms with Gasteiger partial charge < -0.3 is 0 Å². The van der Waals surface area contributed by atoms with Gasteiger partial charge in [0.2, 0.25) is 0 Å². The minimum Gasteiger partial charge on any atom is -0.214 e. The maximum Gasteiger partial charge on any atom is 2.00 e. The zero-order chi connectivity index (χ0) is 10.4. The van der Waals surface area contributed by atoms with Crippen molar-refractivity contribution in [3.05, 3.63) is 60.2 Å². The minimum absolute atomic E-state index is 0. The molecular weight excluding hydrogens is 248 g/mol. The summed E-state index contributed by atoms with van der Waals surface area (Å²) in [5.41, 5.74) is -0.581. The van der Waals surface area contributed by atoms with E-state index in [0.717, 1.165) is 12.1 Å². The molecule has 0 unspecified atom stereocenters. The predicted molar refractivity (Wildman–Crippen MR) is 49.1 cm³/mol. The molecule has 4 heteroatoms. The molecule has 0 aliphatic rings. The molecule has 0 N–H and O–H groups in total. The van der Waals surface area contributed by atoms with Crippen LogP contribution in [0.3, 0.4) is 0 Å². The molecular formula is C11H9CoF3. The maximum absolute atomic E-state index is 11.6.